The summed E-state index contributed by atoms with van der Waals surface area (Å²) in [5, 5.41) is 0. The van der Waals surface area contributed by atoms with Crippen molar-refractivity contribution in [2.75, 3.05) is 13.7 Å². The third-order valence-electron chi connectivity index (χ3n) is 3.45. The first-order valence-electron chi connectivity index (χ1n) is 6.78. The number of benzene rings is 1. The van der Waals surface area contributed by atoms with Gasteiger partial charge in [-0.25, -0.2) is 4.79 Å². The molecule has 0 saturated carbocycles. The van der Waals surface area contributed by atoms with Crippen LogP contribution in [0.15, 0.2) is 30.5 Å². The van der Waals surface area contributed by atoms with E-state index in [1.54, 1.807) is 17.0 Å². The molecule has 1 amide bonds. The average Bonchev–Trinajstić information content (AvgIpc) is 2.49. The number of carbonyl (C=O) groups excluding carboxylic acids is 2. The van der Waals surface area contributed by atoms with Crippen LogP contribution in [0.5, 0.6) is 0 Å². The van der Waals surface area contributed by atoms with Gasteiger partial charge in [-0.2, -0.15) is 0 Å². The van der Waals surface area contributed by atoms with Crippen LogP contribution in [0.25, 0.3) is 5.57 Å². The summed E-state index contributed by atoms with van der Waals surface area (Å²) in [5.41, 5.74) is 2.40. The third-order valence-corrected chi connectivity index (χ3v) is 3.45. The molecule has 1 aromatic carbocycles. The third kappa shape index (κ3) is 3.26. The van der Waals surface area contributed by atoms with Gasteiger partial charge in [-0.1, -0.05) is 12.1 Å². The number of allylic oxidation sites excluding steroid dienone is 1. The molecule has 1 aliphatic rings. The van der Waals surface area contributed by atoms with Crippen molar-refractivity contribution in [2.24, 2.45) is 0 Å². The minimum atomic E-state index is -0.353. The first-order chi connectivity index (χ1) is 9.61. The number of ether oxygens (including phenoxy) is 1. The minimum absolute atomic E-state index is 0.166. The molecule has 1 aliphatic heterocycles. The molecule has 1 saturated heterocycles. The highest BCUT2D eigenvalue weighted by Crippen LogP contribution is 2.19. The normalized spacial score (nSPS) is 16.2. The Hall–Kier alpha value is -2.10. The second-order valence-electron chi connectivity index (χ2n) is 4.93. The Labute approximate surface area is 119 Å². The number of rotatable bonds is 3. The van der Waals surface area contributed by atoms with Gasteiger partial charge in [0.1, 0.15) is 0 Å². The van der Waals surface area contributed by atoms with Gasteiger partial charge in [0.2, 0.25) is 5.91 Å². The smallest absolute Gasteiger partial charge is 0.337 e. The Kier molecular flexibility index (Phi) is 4.56. The van der Waals surface area contributed by atoms with Gasteiger partial charge in [0, 0.05) is 19.2 Å². The Morgan fingerprint density at radius 2 is 2.05 bits per heavy atom. The predicted octanol–water partition coefficient (Wildman–Crippen LogP) is 2.85. The molecule has 4 heteroatoms. The molecule has 20 heavy (non-hydrogen) atoms. The monoisotopic (exact) mass is 273 g/mol. The zero-order chi connectivity index (χ0) is 14.5. The van der Waals surface area contributed by atoms with Crippen LogP contribution in [-0.4, -0.2) is 30.4 Å². The summed E-state index contributed by atoms with van der Waals surface area (Å²) in [7, 11) is 1.37. The topological polar surface area (TPSA) is 46.6 Å². The molecule has 0 atom stereocenters. The van der Waals surface area contributed by atoms with Crippen LogP contribution in [0.2, 0.25) is 0 Å². The fourth-order valence-electron chi connectivity index (χ4n) is 2.28. The number of carbonyl (C=O) groups is 2. The van der Waals surface area contributed by atoms with Crippen molar-refractivity contribution in [1.29, 1.82) is 0 Å². The lowest BCUT2D eigenvalue weighted by molar-refractivity contribution is -0.130. The molecule has 0 radical (unpaired) electrons. The van der Waals surface area contributed by atoms with Crippen molar-refractivity contribution in [3.63, 3.8) is 0 Å². The van der Waals surface area contributed by atoms with Gasteiger partial charge >= 0.3 is 5.97 Å². The number of hydrogen-bond donors (Lipinski definition) is 0. The van der Waals surface area contributed by atoms with E-state index in [0.717, 1.165) is 30.5 Å². The SMILES string of the molecule is COC(=O)c1cccc(/C(C)=C/N2CCCCC2=O)c1. The minimum Gasteiger partial charge on any atom is -0.465 e. The van der Waals surface area contributed by atoms with Crippen LogP contribution in [0.4, 0.5) is 0 Å². The molecule has 0 unspecified atom stereocenters. The maximum Gasteiger partial charge on any atom is 0.337 e. The lowest BCUT2D eigenvalue weighted by Gasteiger charge is -2.24. The second kappa shape index (κ2) is 6.37. The summed E-state index contributed by atoms with van der Waals surface area (Å²) in [6.07, 6.45) is 4.50. The average molecular weight is 273 g/mol. The molecule has 106 valence electrons. The molecular formula is C16H19NO3. The molecule has 0 N–H and O–H groups in total. The van der Waals surface area contributed by atoms with Crippen LogP contribution in [0.1, 0.15) is 42.1 Å². The summed E-state index contributed by atoms with van der Waals surface area (Å²) >= 11 is 0. The zero-order valence-corrected chi connectivity index (χ0v) is 11.9. The van der Waals surface area contributed by atoms with Crippen LogP contribution in [-0.2, 0) is 9.53 Å². The number of hydrogen-bond acceptors (Lipinski definition) is 3. The molecular weight excluding hydrogens is 254 g/mol. The van der Waals surface area contributed by atoms with Gasteiger partial charge < -0.3 is 9.64 Å². The van der Waals surface area contributed by atoms with Crippen LogP contribution in [0, 0.1) is 0 Å². The molecule has 0 spiro atoms. The summed E-state index contributed by atoms with van der Waals surface area (Å²) in [6.45, 7) is 2.71. The molecule has 0 bridgehead atoms. The first kappa shape index (κ1) is 14.3. The summed E-state index contributed by atoms with van der Waals surface area (Å²) in [6, 6.07) is 7.24. The number of amides is 1. The van der Waals surface area contributed by atoms with E-state index in [1.807, 2.05) is 25.3 Å². The van der Waals surface area contributed by atoms with Crippen molar-refractivity contribution >= 4 is 17.4 Å². The number of nitrogens with zero attached hydrogens (tertiary/aromatic N) is 1. The van der Waals surface area contributed by atoms with Gasteiger partial charge in [0.25, 0.3) is 0 Å². The van der Waals surface area contributed by atoms with E-state index in [4.69, 9.17) is 4.74 Å². The van der Waals surface area contributed by atoms with E-state index in [0.29, 0.717) is 12.0 Å². The van der Waals surface area contributed by atoms with Crippen molar-refractivity contribution < 1.29 is 14.3 Å². The van der Waals surface area contributed by atoms with Gasteiger partial charge in [-0.15, -0.1) is 0 Å². The molecule has 0 aromatic heterocycles. The van der Waals surface area contributed by atoms with E-state index in [1.165, 1.54) is 7.11 Å². The summed E-state index contributed by atoms with van der Waals surface area (Å²) < 4.78 is 4.72. The van der Waals surface area contributed by atoms with E-state index in [9.17, 15) is 9.59 Å². The number of likely N-dealkylation sites (tertiary alicyclic amines) is 1. The number of esters is 1. The van der Waals surface area contributed by atoms with Crippen LogP contribution in [0.3, 0.4) is 0 Å². The molecule has 1 fully saturated rings. The highest BCUT2D eigenvalue weighted by molar-refractivity contribution is 5.90. The highest BCUT2D eigenvalue weighted by atomic mass is 16.5. The van der Waals surface area contributed by atoms with E-state index < -0.39 is 0 Å². The van der Waals surface area contributed by atoms with E-state index >= 15 is 0 Å². The highest BCUT2D eigenvalue weighted by Gasteiger charge is 2.16. The first-order valence-corrected chi connectivity index (χ1v) is 6.78. The summed E-state index contributed by atoms with van der Waals surface area (Å²) in [4.78, 5) is 25.1. The van der Waals surface area contributed by atoms with Gasteiger partial charge in [-0.3, -0.25) is 4.79 Å². The largest absolute Gasteiger partial charge is 0.465 e. The lowest BCUT2D eigenvalue weighted by atomic mass is 10.0. The Balaban J connectivity index is 2.21. The maximum absolute atomic E-state index is 11.8. The van der Waals surface area contributed by atoms with Crippen LogP contribution < -0.4 is 0 Å². The lowest BCUT2D eigenvalue weighted by Crippen LogP contribution is -2.30. The van der Waals surface area contributed by atoms with E-state index in [-0.39, 0.29) is 11.9 Å². The van der Waals surface area contributed by atoms with Crippen molar-refractivity contribution in [1.82, 2.24) is 4.90 Å². The van der Waals surface area contributed by atoms with Gasteiger partial charge in [0.05, 0.1) is 12.7 Å². The Morgan fingerprint density at radius 1 is 1.30 bits per heavy atom. The standard InChI is InChI=1S/C16H19NO3/c1-12(11-17-9-4-3-8-15(17)18)13-6-5-7-14(10-13)16(19)20-2/h5-7,10-11H,3-4,8-9H2,1-2H3/b12-11+. The van der Waals surface area contributed by atoms with Crippen molar-refractivity contribution in [3.8, 4) is 0 Å². The predicted molar refractivity (Wildman–Crippen MR) is 77.0 cm³/mol. The maximum atomic E-state index is 11.8. The fraction of sp³-hybridized carbons (Fsp3) is 0.375. The van der Waals surface area contributed by atoms with E-state index in [2.05, 4.69) is 0 Å². The Bertz CT molecular complexity index is 548. The van der Waals surface area contributed by atoms with Crippen molar-refractivity contribution in [3.05, 3.63) is 41.6 Å². The molecule has 0 aliphatic carbocycles. The van der Waals surface area contributed by atoms with Gasteiger partial charge in [0.15, 0.2) is 0 Å². The molecule has 1 aromatic rings. The van der Waals surface area contributed by atoms with Gasteiger partial charge in [-0.05, 0) is 43.0 Å². The molecule has 2 rings (SSSR count). The second-order valence-corrected chi connectivity index (χ2v) is 4.93. The fourth-order valence-corrected chi connectivity index (χ4v) is 2.28. The zero-order valence-electron chi connectivity index (χ0n) is 11.9. The van der Waals surface area contributed by atoms with Crippen molar-refractivity contribution in [2.45, 2.75) is 26.2 Å². The number of piperidine rings is 1. The number of methoxy groups -OCH3 is 1. The van der Waals surface area contributed by atoms with Crippen LogP contribution >= 0.6 is 0 Å². The molecule has 1 heterocycles. The molecule has 4 nitrogen and oxygen atoms in total. The summed E-state index contributed by atoms with van der Waals surface area (Å²) in [5.74, 6) is -0.187. The Morgan fingerprint density at radius 3 is 2.75 bits per heavy atom. The quantitative estimate of drug-likeness (QED) is 0.796.